The summed E-state index contributed by atoms with van der Waals surface area (Å²) in [6.45, 7) is 0. The lowest BCUT2D eigenvalue weighted by molar-refractivity contribution is -0.138. The first kappa shape index (κ1) is 16.4. The fourth-order valence-electron chi connectivity index (χ4n) is 2.69. The molecule has 1 aromatic rings. The minimum atomic E-state index is -4.10. The molecule has 0 radical (unpaired) electrons. The fraction of sp³-hybridized carbons (Fsp3) is 0.462. The molecule has 0 aliphatic heterocycles. The van der Waals surface area contributed by atoms with Crippen LogP contribution in [-0.2, 0) is 14.8 Å². The molecule has 1 aliphatic rings. The number of sulfonamides is 1. The van der Waals surface area contributed by atoms with Crippen molar-refractivity contribution in [3.05, 3.63) is 28.5 Å². The van der Waals surface area contributed by atoms with Gasteiger partial charge in [0.2, 0.25) is 10.0 Å². The number of carboxylic acids is 1. The molecule has 5 nitrogen and oxygen atoms in total. The van der Waals surface area contributed by atoms with Crippen LogP contribution >= 0.6 is 15.9 Å². The number of rotatable bonds is 5. The largest absolute Gasteiger partial charge is 0.481 e. The number of benzene rings is 1. The summed E-state index contributed by atoms with van der Waals surface area (Å²) >= 11 is 3.06. The van der Waals surface area contributed by atoms with Crippen LogP contribution in [0.25, 0.3) is 0 Å². The summed E-state index contributed by atoms with van der Waals surface area (Å²) in [6, 6.07) is 3.65. The van der Waals surface area contributed by atoms with E-state index in [9.17, 15) is 17.6 Å². The SMILES string of the molecule is O=C(O)CC1(NS(=O)(=O)c2ccc(Br)cc2F)CCCC1. The van der Waals surface area contributed by atoms with E-state index in [4.69, 9.17) is 5.11 Å². The van der Waals surface area contributed by atoms with E-state index < -0.39 is 32.2 Å². The average molecular weight is 380 g/mol. The van der Waals surface area contributed by atoms with Gasteiger partial charge in [-0.05, 0) is 31.0 Å². The van der Waals surface area contributed by atoms with Crippen molar-refractivity contribution in [1.82, 2.24) is 4.72 Å². The standard InChI is InChI=1S/C13H15BrFNO4S/c14-9-3-4-11(10(15)7-9)21(19,20)16-13(8-12(17)18)5-1-2-6-13/h3-4,7,16H,1-2,5-6,8H2,(H,17,18). The molecule has 1 aromatic carbocycles. The lowest BCUT2D eigenvalue weighted by Gasteiger charge is -2.28. The first-order valence-electron chi connectivity index (χ1n) is 6.45. The summed E-state index contributed by atoms with van der Waals surface area (Å²) in [5, 5.41) is 8.98. The Labute approximate surface area is 130 Å². The molecule has 1 fully saturated rings. The molecular formula is C13H15BrFNO4S. The lowest BCUT2D eigenvalue weighted by Crippen LogP contribution is -2.47. The smallest absolute Gasteiger partial charge is 0.305 e. The second-order valence-electron chi connectivity index (χ2n) is 5.24. The van der Waals surface area contributed by atoms with Gasteiger partial charge < -0.3 is 5.11 Å². The number of aliphatic carboxylic acids is 1. The molecule has 1 aliphatic carbocycles. The highest BCUT2D eigenvalue weighted by Crippen LogP contribution is 2.34. The minimum absolute atomic E-state index is 0.301. The number of hydrogen-bond donors (Lipinski definition) is 2. The second-order valence-corrected chi connectivity index (χ2v) is 7.80. The van der Waals surface area contributed by atoms with Gasteiger partial charge in [-0.1, -0.05) is 28.8 Å². The van der Waals surface area contributed by atoms with E-state index in [1.165, 1.54) is 6.07 Å². The Balaban J connectivity index is 2.32. The van der Waals surface area contributed by atoms with E-state index in [2.05, 4.69) is 20.7 Å². The van der Waals surface area contributed by atoms with Crippen molar-refractivity contribution >= 4 is 31.9 Å². The lowest BCUT2D eigenvalue weighted by atomic mass is 9.95. The number of hydrogen-bond acceptors (Lipinski definition) is 3. The van der Waals surface area contributed by atoms with Crippen LogP contribution in [-0.4, -0.2) is 25.0 Å². The van der Waals surface area contributed by atoms with Crippen molar-refractivity contribution in [2.75, 3.05) is 0 Å². The zero-order valence-electron chi connectivity index (χ0n) is 11.1. The van der Waals surface area contributed by atoms with Crippen molar-refractivity contribution in [1.29, 1.82) is 0 Å². The van der Waals surface area contributed by atoms with Crippen LogP contribution in [0.3, 0.4) is 0 Å². The third-order valence-electron chi connectivity index (χ3n) is 3.58. The highest BCUT2D eigenvalue weighted by molar-refractivity contribution is 9.10. The Kier molecular flexibility index (Phi) is 4.69. The number of halogens is 2. The van der Waals surface area contributed by atoms with Gasteiger partial charge in [0.15, 0.2) is 0 Å². The molecule has 0 heterocycles. The summed E-state index contributed by atoms with van der Waals surface area (Å²) in [7, 11) is -4.10. The Morgan fingerprint density at radius 1 is 1.38 bits per heavy atom. The van der Waals surface area contributed by atoms with Gasteiger partial charge >= 0.3 is 5.97 Å². The van der Waals surface area contributed by atoms with E-state index >= 15 is 0 Å². The number of carboxylic acid groups (broad SMARTS) is 1. The molecule has 0 atom stereocenters. The normalized spacial score (nSPS) is 17.8. The molecule has 0 unspecified atom stereocenters. The Bertz CT molecular complexity index is 656. The monoisotopic (exact) mass is 379 g/mol. The second kappa shape index (κ2) is 6.02. The zero-order chi connectivity index (χ0) is 15.7. The van der Waals surface area contributed by atoms with Crippen LogP contribution in [0.4, 0.5) is 4.39 Å². The third-order valence-corrected chi connectivity index (χ3v) is 5.69. The predicted octanol–water partition coefficient (Wildman–Crippen LogP) is 2.65. The van der Waals surface area contributed by atoms with Gasteiger partial charge in [0, 0.05) is 10.0 Å². The van der Waals surface area contributed by atoms with E-state index in [0.29, 0.717) is 17.3 Å². The van der Waals surface area contributed by atoms with Crippen LogP contribution in [0.5, 0.6) is 0 Å². The predicted molar refractivity (Wildman–Crippen MR) is 77.9 cm³/mol. The van der Waals surface area contributed by atoms with E-state index in [-0.39, 0.29) is 6.42 Å². The summed E-state index contributed by atoms with van der Waals surface area (Å²) in [6.07, 6.45) is 2.08. The van der Waals surface area contributed by atoms with Crippen LogP contribution in [0.15, 0.2) is 27.6 Å². The van der Waals surface area contributed by atoms with Gasteiger partial charge in [-0.3, -0.25) is 4.79 Å². The van der Waals surface area contributed by atoms with Crippen LogP contribution in [0.1, 0.15) is 32.1 Å². The molecule has 0 amide bonds. The van der Waals surface area contributed by atoms with Gasteiger partial charge in [0.25, 0.3) is 0 Å². The van der Waals surface area contributed by atoms with Gasteiger partial charge in [-0.25, -0.2) is 17.5 Å². The van der Waals surface area contributed by atoms with Crippen LogP contribution < -0.4 is 4.72 Å². The molecule has 21 heavy (non-hydrogen) atoms. The Morgan fingerprint density at radius 3 is 2.52 bits per heavy atom. The first-order chi connectivity index (χ1) is 9.74. The van der Waals surface area contributed by atoms with Gasteiger partial charge in [-0.2, -0.15) is 0 Å². The van der Waals surface area contributed by atoms with Gasteiger partial charge in [0.05, 0.1) is 6.42 Å². The molecule has 8 heteroatoms. The highest BCUT2D eigenvalue weighted by Gasteiger charge is 2.40. The Morgan fingerprint density at radius 2 is 2.00 bits per heavy atom. The van der Waals surface area contributed by atoms with Crippen molar-refractivity contribution in [2.45, 2.75) is 42.5 Å². The quantitative estimate of drug-likeness (QED) is 0.823. The van der Waals surface area contributed by atoms with E-state index in [1.54, 1.807) is 0 Å². The number of carbonyl (C=O) groups is 1. The first-order valence-corrected chi connectivity index (χ1v) is 8.73. The fourth-order valence-corrected chi connectivity index (χ4v) is 4.54. The maximum absolute atomic E-state index is 13.8. The Hall–Kier alpha value is -0.990. The van der Waals surface area contributed by atoms with Gasteiger partial charge in [-0.15, -0.1) is 0 Å². The molecule has 0 bridgehead atoms. The van der Waals surface area contributed by atoms with E-state index in [1.807, 2.05) is 0 Å². The van der Waals surface area contributed by atoms with Crippen molar-refractivity contribution in [3.63, 3.8) is 0 Å². The summed E-state index contributed by atoms with van der Waals surface area (Å²) in [4.78, 5) is 10.5. The van der Waals surface area contributed by atoms with Crippen molar-refractivity contribution < 1.29 is 22.7 Å². The summed E-state index contributed by atoms with van der Waals surface area (Å²) < 4.78 is 41.4. The topological polar surface area (TPSA) is 83.5 Å². The molecule has 2 rings (SSSR count). The molecule has 0 aromatic heterocycles. The van der Waals surface area contributed by atoms with Crippen molar-refractivity contribution in [3.8, 4) is 0 Å². The van der Waals surface area contributed by atoms with Crippen LogP contribution in [0.2, 0.25) is 0 Å². The van der Waals surface area contributed by atoms with E-state index in [0.717, 1.165) is 25.0 Å². The maximum Gasteiger partial charge on any atom is 0.305 e. The molecule has 0 saturated heterocycles. The zero-order valence-corrected chi connectivity index (χ0v) is 13.5. The summed E-state index contributed by atoms with van der Waals surface area (Å²) in [5.74, 6) is -1.95. The molecule has 2 N–H and O–H groups in total. The average Bonchev–Trinajstić information content (AvgIpc) is 2.74. The molecule has 116 valence electrons. The number of nitrogens with one attached hydrogen (secondary N) is 1. The third kappa shape index (κ3) is 3.81. The minimum Gasteiger partial charge on any atom is -0.481 e. The molecular weight excluding hydrogens is 365 g/mol. The molecule has 0 spiro atoms. The van der Waals surface area contributed by atoms with Gasteiger partial charge in [0.1, 0.15) is 10.7 Å². The highest BCUT2D eigenvalue weighted by atomic mass is 79.9. The maximum atomic E-state index is 13.8. The summed E-state index contributed by atoms with van der Waals surface area (Å²) in [5.41, 5.74) is -1.02. The van der Waals surface area contributed by atoms with Crippen LogP contribution in [0, 0.1) is 5.82 Å². The molecule has 1 saturated carbocycles. The van der Waals surface area contributed by atoms with Crippen molar-refractivity contribution in [2.24, 2.45) is 0 Å².